The molecule has 142 valence electrons. The Morgan fingerprint density at radius 3 is 2.68 bits per heavy atom. The van der Waals surface area contributed by atoms with E-state index in [2.05, 4.69) is 27.1 Å². The van der Waals surface area contributed by atoms with E-state index < -0.39 is 0 Å². The van der Waals surface area contributed by atoms with Gasteiger partial charge in [-0.3, -0.25) is 5.41 Å². The summed E-state index contributed by atoms with van der Waals surface area (Å²) in [6.07, 6.45) is 1.66. The van der Waals surface area contributed by atoms with Crippen molar-refractivity contribution in [1.82, 2.24) is 19.5 Å². The van der Waals surface area contributed by atoms with Gasteiger partial charge in [-0.2, -0.15) is 0 Å². The van der Waals surface area contributed by atoms with Gasteiger partial charge in [-0.05, 0) is 29.8 Å². The third-order valence-electron chi connectivity index (χ3n) is 4.10. The van der Waals surface area contributed by atoms with Crippen molar-refractivity contribution in [3.05, 3.63) is 77.0 Å². The van der Waals surface area contributed by atoms with Gasteiger partial charge in [0.2, 0.25) is 0 Å². The Bertz CT molecular complexity index is 1130. The predicted molar refractivity (Wildman–Crippen MR) is 111 cm³/mol. The minimum absolute atomic E-state index is 0.191. The molecule has 0 saturated carbocycles. The van der Waals surface area contributed by atoms with Crippen LogP contribution < -0.4 is 10.2 Å². The van der Waals surface area contributed by atoms with Gasteiger partial charge in [-0.1, -0.05) is 53.7 Å². The molecule has 0 aliphatic rings. The van der Waals surface area contributed by atoms with Crippen molar-refractivity contribution in [3.63, 3.8) is 0 Å². The lowest BCUT2D eigenvalue weighted by Crippen LogP contribution is -2.13. The lowest BCUT2D eigenvalue weighted by molar-refractivity contribution is 0.344. The number of nitrogens with one attached hydrogen (secondary N) is 2. The zero-order chi connectivity index (χ0) is 19.3. The Morgan fingerprint density at radius 2 is 1.89 bits per heavy atom. The van der Waals surface area contributed by atoms with Crippen LogP contribution in [0.2, 0.25) is 5.02 Å². The molecule has 0 aliphatic carbocycles. The van der Waals surface area contributed by atoms with Crippen LogP contribution in [0.5, 0.6) is 5.75 Å². The zero-order valence-electron chi connectivity index (χ0n) is 14.9. The summed E-state index contributed by atoms with van der Waals surface area (Å²) in [6, 6.07) is 17.4. The summed E-state index contributed by atoms with van der Waals surface area (Å²) in [5, 5.41) is 9.49. The van der Waals surface area contributed by atoms with E-state index in [0.29, 0.717) is 23.7 Å². The Balaban J connectivity index is 1.44. The van der Waals surface area contributed by atoms with Crippen LogP contribution in [0.4, 0.5) is 0 Å². The minimum Gasteiger partial charge on any atom is -0.493 e. The van der Waals surface area contributed by atoms with Gasteiger partial charge in [0.05, 0.1) is 19.5 Å². The van der Waals surface area contributed by atoms with Crippen LogP contribution >= 0.6 is 23.4 Å². The normalized spacial score (nSPS) is 11.0. The summed E-state index contributed by atoms with van der Waals surface area (Å²) < 4.78 is 7.66. The van der Waals surface area contributed by atoms with Crippen molar-refractivity contribution in [3.8, 4) is 5.75 Å². The molecule has 2 N–H and O–H groups in total. The first-order chi connectivity index (χ1) is 13.7. The van der Waals surface area contributed by atoms with Gasteiger partial charge >= 0.3 is 0 Å². The fourth-order valence-corrected chi connectivity index (χ4v) is 3.57. The van der Waals surface area contributed by atoms with Crippen molar-refractivity contribution in [2.24, 2.45) is 0 Å². The molecule has 0 bridgehead atoms. The molecule has 0 spiro atoms. The second-order valence-electron chi connectivity index (χ2n) is 6.10. The van der Waals surface area contributed by atoms with E-state index in [4.69, 9.17) is 21.7 Å². The molecule has 28 heavy (non-hydrogen) atoms. The molecule has 2 heterocycles. The van der Waals surface area contributed by atoms with E-state index in [1.165, 1.54) is 0 Å². The number of rotatable bonds is 7. The summed E-state index contributed by atoms with van der Waals surface area (Å²) in [7, 11) is 0. The molecule has 0 fully saturated rings. The van der Waals surface area contributed by atoms with Crippen LogP contribution in [0, 0.1) is 5.41 Å². The van der Waals surface area contributed by atoms with E-state index in [1.807, 2.05) is 34.9 Å². The quantitative estimate of drug-likeness (QED) is 0.354. The summed E-state index contributed by atoms with van der Waals surface area (Å²) in [5.41, 5.74) is 2.71. The molecule has 0 aliphatic heterocycles. The third-order valence-corrected chi connectivity index (χ3v) is 5.19. The number of thioether (sulfide) groups is 1. The lowest BCUT2D eigenvalue weighted by atomic mass is 10.2. The monoisotopic (exact) mass is 411 g/mol. The molecule has 0 saturated heterocycles. The van der Waals surface area contributed by atoms with E-state index >= 15 is 0 Å². The first-order valence-electron chi connectivity index (χ1n) is 8.74. The molecule has 2 aromatic heterocycles. The highest BCUT2D eigenvalue weighted by atomic mass is 35.5. The van der Waals surface area contributed by atoms with Gasteiger partial charge in [0.1, 0.15) is 11.3 Å². The Morgan fingerprint density at radius 1 is 1.11 bits per heavy atom. The molecule has 0 unspecified atom stereocenters. The van der Waals surface area contributed by atoms with Crippen molar-refractivity contribution in [2.75, 3.05) is 12.4 Å². The third kappa shape index (κ3) is 4.37. The molecule has 0 amide bonds. The molecular weight excluding hydrogens is 394 g/mol. The van der Waals surface area contributed by atoms with Crippen molar-refractivity contribution in [2.45, 2.75) is 11.7 Å². The van der Waals surface area contributed by atoms with Crippen LogP contribution in [0.25, 0.3) is 11.2 Å². The molecule has 6 nitrogen and oxygen atoms in total. The van der Waals surface area contributed by atoms with Crippen molar-refractivity contribution >= 4 is 34.5 Å². The summed E-state index contributed by atoms with van der Waals surface area (Å²) >= 11 is 7.42. The average molecular weight is 412 g/mol. The molecule has 0 atom stereocenters. The maximum atomic E-state index is 8.06. The second-order valence-corrected chi connectivity index (χ2v) is 7.62. The van der Waals surface area contributed by atoms with Crippen LogP contribution in [0.1, 0.15) is 5.56 Å². The highest BCUT2D eigenvalue weighted by Gasteiger charge is 2.10. The van der Waals surface area contributed by atoms with Crippen LogP contribution in [-0.2, 0) is 6.54 Å². The Hall–Kier alpha value is -2.77. The van der Waals surface area contributed by atoms with E-state index in [0.717, 1.165) is 27.9 Å². The first-order valence-corrected chi connectivity index (χ1v) is 10.1. The fourth-order valence-electron chi connectivity index (χ4n) is 2.76. The van der Waals surface area contributed by atoms with E-state index in [-0.39, 0.29) is 5.49 Å². The Kier molecular flexibility index (Phi) is 5.64. The predicted octanol–water partition coefficient (Wildman–Crippen LogP) is 4.11. The Labute approximate surface area is 171 Å². The molecule has 0 radical (unpaired) electrons. The summed E-state index contributed by atoms with van der Waals surface area (Å²) in [6.45, 7) is 1.19. The highest BCUT2D eigenvalue weighted by Crippen LogP contribution is 2.19. The SMILES string of the molecule is N=c1ncn(Cc2ccccc2)c2nc(SCCOc3ccc(Cl)cc3)[nH]c12. The number of aromatic nitrogens is 4. The fraction of sp³-hybridized carbons (Fsp3) is 0.150. The standard InChI is InChI=1S/C20H18ClN5OS/c21-15-6-8-16(9-7-15)27-10-11-28-20-24-17-18(22)23-13-26(19(17)25-20)12-14-4-2-1-3-5-14/h1-9,13,22H,10-12H2,(H,24,25). The first kappa shape index (κ1) is 18.6. The molecule has 2 aromatic carbocycles. The minimum atomic E-state index is 0.191. The summed E-state index contributed by atoms with van der Waals surface area (Å²) in [4.78, 5) is 12.0. The number of aromatic amines is 1. The molecule has 4 rings (SSSR count). The van der Waals surface area contributed by atoms with Crippen LogP contribution in [0.3, 0.4) is 0 Å². The van der Waals surface area contributed by atoms with Gasteiger partial charge < -0.3 is 14.3 Å². The van der Waals surface area contributed by atoms with Gasteiger partial charge in [0, 0.05) is 10.8 Å². The van der Waals surface area contributed by atoms with Crippen molar-refractivity contribution in [1.29, 1.82) is 5.41 Å². The van der Waals surface area contributed by atoms with Gasteiger partial charge in [-0.15, -0.1) is 0 Å². The zero-order valence-corrected chi connectivity index (χ0v) is 16.5. The van der Waals surface area contributed by atoms with Gasteiger partial charge in [0.15, 0.2) is 16.3 Å². The maximum absolute atomic E-state index is 8.06. The van der Waals surface area contributed by atoms with Gasteiger partial charge in [0.25, 0.3) is 0 Å². The number of fused-ring (bicyclic) bond motifs is 1. The topological polar surface area (TPSA) is 79.6 Å². The number of hydrogen-bond acceptors (Lipinski definition) is 5. The van der Waals surface area contributed by atoms with Crippen LogP contribution in [-0.4, -0.2) is 31.9 Å². The maximum Gasteiger partial charge on any atom is 0.173 e. The number of benzene rings is 2. The smallest absolute Gasteiger partial charge is 0.173 e. The second kappa shape index (κ2) is 8.50. The summed E-state index contributed by atoms with van der Waals surface area (Å²) in [5.74, 6) is 1.51. The van der Waals surface area contributed by atoms with E-state index in [1.54, 1.807) is 30.2 Å². The molecule has 8 heteroatoms. The largest absolute Gasteiger partial charge is 0.493 e. The number of nitrogens with zero attached hydrogens (tertiary/aromatic N) is 3. The number of hydrogen-bond donors (Lipinski definition) is 2. The van der Waals surface area contributed by atoms with E-state index in [9.17, 15) is 0 Å². The van der Waals surface area contributed by atoms with Crippen molar-refractivity contribution < 1.29 is 4.74 Å². The number of halogens is 1. The van der Waals surface area contributed by atoms with Gasteiger partial charge in [-0.25, -0.2) is 9.97 Å². The number of imidazole rings is 1. The lowest BCUT2D eigenvalue weighted by Gasteiger charge is -2.06. The number of ether oxygens (including phenoxy) is 1. The number of H-pyrrole nitrogens is 1. The molecular formula is C20H18ClN5OS. The average Bonchev–Trinajstić information content (AvgIpc) is 3.15. The molecule has 4 aromatic rings. The van der Waals surface area contributed by atoms with Crippen LogP contribution in [0.15, 0.2) is 66.1 Å². The highest BCUT2D eigenvalue weighted by molar-refractivity contribution is 7.99.